The highest BCUT2D eigenvalue weighted by Gasteiger charge is 2.22. The fourth-order valence-electron chi connectivity index (χ4n) is 1.50. The molecule has 0 atom stereocenters. The molecule has 0 heterocycles. The van der Waals surface area contributed by atoms with Crippen LogP contribution in [0.25, 0.3) is 0 Å². The number of nitrogens with zero attached hydrogens (tertiary/aromatic N) is 1. The smallest absolute Gasteiger partial charge is 0.307 e. The Balaban J connectivity index is 2.84. The summed E-state index contributed by atoms with van der Waals surface area (Å²) in [5, 5.41) is 12.9. The fourth-order valence-corrected chi connectivity index (χ4v) is 1.50. The second-order valence-electron chi connectivity index (χ2n) is 5.61. The third kappa shape index (κ3) is 4.25. The molecule has 1 aromatic rings. The third-order valence-electron chi connectivity index (χ3n) is 2.64. The molecular formula is C13H16F2N2O3. The van der Waals surface area contributed by atoms with Gasteiger partial charge < -0.3 is 5.32 Å². The van der Waals surface area contributed by atoms with E-state index in [0.717, 1.165) is 0 Å². The summed E-state index contributed by atoms with van der Waals surface area (Å²) in [5.74, 6) is -3.15. The average Bonchev–Trinajstić information content (AvgIpc) is 2.29. The van der Waals surface area contributed by atoms with E-state index < -0.39 is 33.7 Å². The molecule has 0 bridgehead atoms. The number of halogens is 2. The van der Waals surface area contributed by atoms with Gasteiger partial charge in [-0.25, -0.2) is 4.39 Å². The summed E-state index contributed by atoms with van der Waals surface area (Å²) in [7, 11) is 0. The minimum absolute atomic E-state index is 0.00739. The predicted molar refractivity (Wildman–Crippen MR) is 69.4 cm³/mol. The first-order valence-corrected chi connectivity index (χ1v) is 6.03. The molecule has 0 spiro atoms. The van der Waals surface area contributed by atoms with Crippen LogP contribution in [0.4, 0.5) is 14.5 Å². The Labute approximate surface area is 115 Å². The standard InChI is InChI=1S/C13H16F2N2O3/c1-13(2,3)4-5-16-12(18)8-6-10(15)11(17(19)20)7-9(8)14/h6-7H,4-5H2,1-3H3,(H,16,18). The number of nitro groups is 1. The maximum Gasteiger partial charge on any atom is 0.307 e. The van der Waals surface area contributed by atoms with Crippen molar-refractivity contribution in [3.63, 3.8) is 0 Å². The van der Waals surface area contributed by atoms with Crippen LogP contribution in [0, 0.1) is 27.2 Å². The van der Waals surface area contributed by atoms with Crippen molar-refractivity contribution in [1.82, 2.24) is 5.32 Å². The summed E-state index contributed by atoms with van der Waals surface area (Å²) in [5.41, 5.74) is -1.54. The Morgan fingerprint density at radius 1 is 1.30 bits per heavy atom. The molecule has 0 aliphatic heterocycles. The van der Waals surface area contributed by atoms with Gasteiger partial charge in [-0.15, -0.1) is 0 Å². The molecule has 1 rings (SSSR count). The van der Waals surface area contributed by atoms with E-state index in [0.29, 0.717) is 25.1 Å². The maximum atomic E-state index is 13.6. The van der Waals surface area contributed by atoms with Gasteiger partial charge in [-0.2, -0.15) is 4.39 Å². The van der Waals surface area contributed by atoms with Crippen LogP contribution in [0.1, 0.15) is 37.6 Å². The molecule has 0 aliphatic carbocycles. The molecule has 1 aromatic carbocycles. The van der Waals surface area contributed by atoms with Crippen LogP contribution >= 0.6 is 0 Å². The number of hydrogen-bond donors (Lipinski definition) is 1. The van der Waals surface area contributed by atoms with Crippen LogP contribution in [-0.4, -0.2) is 17.4 Å². The molecule has 0 saturated heterocycles. The van der Waals surface area contributed by atoms with E-state index in [4.69, 9.17) is 0 Å². The number of benzene rings is 1. The van der Waals surface area contributed by atoms with Crippen molar-refractivity contribution in [2.45, 2.75) is 27.2 Å². The van der Waals surface area contributed by atoms with Crippen molar-refractivity contribution < 1.29 is 18.5 Å². The summed E-state index contributed by atoms with van der Waals surface area (Å²) in [4.78, 5) is 21.1. The molecule has 20 heavy (non-hydrogen) atoms. The topological polar surface area (TPSA) is 72.2 Å². The maximum absolute atomic E-state index is 13.6. The summed E-state index contributed by atoms with van der Waals surface area (Å²) < 4.78 is 26.9. The Bertz CT molecular complexity index is 539. The van der Waals surface area contributed by atoms with Crippen molar-refractivity contribution in [1.29, 1.82) is 0 Å². The lowest BCUT2D eigenvalue weighted by Crippen LogP contribution is -2.28. The second kappa shape index (κ2) is 5.94. The zero-order valence-corrected chi connectivity index (χ0v) is 11.5. The second-order valence-corrected chi connectivity index (χ2v) is 5.61. The van der Waals surface area contributed by atoms with E-state index >= 15 is 0 Å². The Hall–Kier alpha value is -2.05. The lowest BCUT2D eigenvalue weighted by molar-refractivity contribution is -0.387. The minimum atomic E-state index is -1.24. The van der Waals surface area contributed by atoms with Crippen LogP contribution in [0.15, 0.2) is 12.1 Å². The van der Waals surface area contributed by atoms with Crippen molar-refractivity contribution >= 4 is 11.6 Å². The quantitative estimate of drug-likeness (QED) is 0.683. The summed E-state index contributed by atoms with van der Waals surface area (Å²) >= 11 is 0. The van der Waals surface area contributed by atoms with Gasteiger partial charge in [0.05, 0.1) is 16.6 Å². The molecule has 110 valence electrons. The first-order chi connectivity index (χ1) is 9.11. The molecule has 7 heteroatoms. The van der Waals surface area contributed by atoms with Gasteiger partial charge in [0.15, 0.2) is 0 Å². The van der Waals surface area contributed by atoms with E-state index in [9.17, 15) is 23.7 Å². The highest BCUT2D eigenvalue weighted by atomic mass is 19.1. The molecule has 0 aromatic heterocycles. The molecule has 0 aliphatic rings. The van der Waals surface area contributed by atoms with Gasteiger partial charge in [0, 0.05) is 6.54 Å². The zero-order valence-electron chi connectivity index (χ0n) is 11.5. The lowest BCUT2D eigenvalue weighted by atomic mass is 9.92. The summed E-state index contributed by atoms with van der Waals surface area (Å²) in [6.07, 6.45) is 0.663. The van der Waals surface area contributed by atoms with E-state index in [1.54, 1.807) is 0 Å². The molecule has 0 unspecified atom stereocenters. The fraction of sp³-hybridized carbons (Fsp3) is 0.462. The average molecular weight is 286 g/mol. The van der Waals surface area contributed by atoms with Crippen molar-refractivity contribution in [3.8, 4) is 0 Å². The Kier molecular flexibility index (Phi) is 4.75. The van der Waals surface area contributed by atoms with Crippen LogP contribution in [0.2, 0.25) is 0 Å². The van der Waals surface area contributed by atoms with Gasteiger partial charge in [0.1, 0.15) is 5.82 Å². The number of carbonyl (C=O) groups excluding carboxylic acids is 1. The van der Waals surface area contributed by atoms with Crippen LogP contribution in [0.5, 0.6) is 0 Å². The van der Waals surface area contributed by atoms with Gasteiger partial charge in [0.2, 0.25) is 5.82 Å². The van der Waals surface area contributed by atoms with Crippen LogP contribution < -0.4 is 5.32 Å². The van der Waals surface area contributed by atoms with Gasteiger partial charge >= 0.3 is 5.69 Å². The highest BCUT2D eigenvalue weighted by molar-refractivity contribution is 5.94. The molecule has 0 saturated carbocycles. The van der Waals surface area contributed by atoms with E-state index in [1.165, 1.54) is 0 Å². The lowest BCUT2D eigenvalue weighted by Gasteiger charge is -2.18. The Morgan fingerprint density at radius 3 is 2.40 bits per heavy atom. The van der Waals surface area contributed by atoms with Gasteiger partial charge in [-0.1, -0.05) is 20.8 Å². The van der Waals surface area contributed by atoms with Crippen molar-refractivity contribution in [3.05, 3.63) is 39.4 Å². The Morgan fingerprint density at radius 2 is 1.90 bits per heavy atom. The SMILES string of the molecule is CC(C)(C)CCNC(=O)c1cc(F)c([N+](=O)[O-])cc1F. The van der Waals surface area contributed by atoms with Crippen molar-refractivity contribution in [2.75, 3.05) is 6.54 Å². The van der Waals surface area contributed by atoms with E-state index in [1.807, 2.05) is 20.8 Å². The third-order valence-corrected chi connectivity index (χ3v) is 2.64. The number of amides is 1. The van der Waals surface area contributed by atoms with Gasteiger partial charge in [-0.3, -0.25) is 14.9 Å². The van der Waals surface area contributed by atoms with Gasteiger partial charge in [0.25, 0.3) is 5.91 Å². The summed E-state index contributed by atoms with van der Waals surface area (Å²) in [6.45, 7) is 6.24. The minimum Gasteiger partial charge on any atom is -0.352 e. The molecule has 1 N–H and O–H groups in total. The van der Waals surface area contributed by atoms with Crippen LogP contribution in [0.3, 0.4) is 0 Å². The normalized spacial score (nSPS) is 11.2. The number of nitrogens with one attached hydrogen (secondary N) is 1. The monoisotopic (exact) mass is 286 g/mol. The molecule has 1 amide bonds. The molecule has 5 nitrogen and oxygen atoms in total. The zero-order chi connectivity index (χ0) is 15.5. The number of rotatable bonds is 4. The number of hydrogen-bond acceptors (Lipinski definition) is 3. The predicted octanol–water partition coefficient (Wildman–Crippen LogP) is 3.04. The number of carbonyl (C=O) groups is 1. The largest absolute Gasteiger partial charge is 0.352 e. The van der Waals surface area contributed by atoms with Gasteiger partial charge in [-0.05, 0) is 17.9 Å². The van der Waals surface area contributed by atoms with Crippen molar-refractivity contribution in [2.24, 2.45) is 5.41 Å². The van der Waals surface area contributed by atoms with Crippen LogP contribution in [-0.2, 0) is 0 Å². The first-order valence-electron chi connectivity index (χ1n) is 6.03. The first kappa shape index (κ1) is 16.0. The molecular weight excluding hydrogens is 270 g/mol. The molecule has 0 fully saturated rings. The summed E-state index contributed by atoms with van der Waals surface area (Å²) in [6, 6.07) is 0.952. The molecule has 0 radical (unpaired) electrons. The highest BCUT2D eigenvalue weighted by Crippen LogP contribution is 2.21. The number of nitro benzene ring substituents is 1. The van der Waals surface area contributed by atoms with E-state index in [-0.39, 0.29) is 5.41 Å². The van der Waals surface area contributed by atoms with E-state index in [2.05, 4.69) is 5.32 Å².